The molecule has 0 fully saturated rings. The lowest BCUT2D eigenvalue weighted by atomic mass is 10.0. The second-order valence-electron chi connectivity index (χ2n) is 9.73. The SMILES string of the molecule is C[C@H](CO)N1C[C@H](C)[C@H](CN(C)S(=O)(=O)c2ccccc2F)Oc2cc(C#Cc3ccccc3)ccc2S1(=O)=O. The molecule has 212 valence electrons. The third kappa shape index (κ3) is 6.22. The molecule has 8 nitrogen and oxygen atoms in total. The number of sulfonamides is 2. The van der Waals surface area contributed by atoms with Gasteiger partial charge in [-0.2, -0.15) is 8.61 Å². The van der Waals surface area contributed by atoms with Crippen molar-refractivity contribution in [1.82, 2.24) is 8.61 Å². The molecule has 3 aromatic rings. The topological polar surface area (TPSA) is 104 Å². The van der Waals surface area contributed by atoms with E-state index >= 15 is 0 Å². The van der Waals surface area contributed by atoms with E-state index in [0.717, 1.165) is 15.9 Å². The number of fused-ring (bicyclic) bond motifs is 1. The lowest BCUT2D eigenvalue weighted by molar-refractivity contribution is 0.0904. The molecule has 4 rings (SSSR count). The number of ether oxygens (including phenoxy) is 1. The summed E-state index contributed by atoms with van der Waals surface area (Å²) in [5.41, 5.74) is 1.27. The number of hydrogen-bond donors (Lipinski definition) is 1. The summed E-state index contributed by atoms with van der Waals surface area (Å²) in [6.45, 7) is 2.71. The molecule has 3 atom stereocenters. The van der Waals surface area contributed by atoms with Gasteiger partial charge >= 0.3 is 0 Å². The summed E-state index contributed by atoms with van der Waals surface area (Å²) < 4.78 is 76.6. The Morgan fingerprint density at radius 1 is 1.07 bits per heavy atom. The fraction of sp³-hybridized carbons (Fsp3) is 0.310. The average Bonchev–Trinajstić information content (AvgIpc) is 2.93. The molecule has 0 aliphatic carbocycles. The Morgan fingerprint density at radius 2 is 1.73 bits per heavy atom. The maximum absolute atomic E-state index is 14.4. The zero-order valence-electron chi connectivity index (χ0n) is 22.4. The molecule has 1 heterocycles. The van der Waals surface area contributed by atoms with Gasteiger partial charge in [-0.1, -0.05) is 49.1 Å². The fourth-order valence-corrected chi connectivity index (χ4v) is 7.43. The molecular weight excluding hydrogens is 555 g/mol. The van der Waals surface area contributed by atoms with E-state index in [4.69, 9.17) is 4.74 Å². The standard InChI is InChI=1S/C29H31FN2O6S2/c1-21-18-32(22(2)20-33)40(36,37)29-16-15-24(14-13-23-9-5-4-6-10-23)17-26(29)38-27(21)19-31(3)39(34,35)28-12-8-7-11-25(28)30/h4-12,15-17,21-22,27,33H,18-20H2,1-3H3/t21-,22+,27-/m0/s1. The molecule has 3 aromatic carbocycles. The molecule has 0 saturated heterocycles. The highest BCUT2D eigenvalue weighted by Gasteiger charge is 2.39. The fourth-order valence-electron chi connectivity index (χ4n) is 4.36. The minimum atomic E-state index is -4.21. The Kier molecular flexibility index (Phi) is 8.97. The molecule has 1 aliphatic rings. The molecular formula is C29H31FN2O6S2. The number of aliphatic hydroxyl groups is 1. The lowest BCUT2D eigenvalue weighted by Crippen LogP contribution is -2.50. The first kappa shape index (κ1) is 29.7. The maximum Gasteiger partial charge on any atom is 0.247 e. The van der Waals surface area contributed by atoms with E-state index < -0.39 is 55.4 Å². The molecule has 0 saturated carbocycles. The van der Waals surface area contributed by atoms with E-state index in [1.165, 1.54) is 41.7 Å². The third-order valence-corrected chi connectivity index (χ3v) is 10.6. The summed E-state index contributed by atoms with van der Waals surface area (Å²) in [5.74, 6) is 4.68. The molecule has 0 spiro atoms. The molecule has 0 amide bonds. The van der Waals surface area contributed by atoms with E-state index in [-0.39, 0.29) is 23.7 Å². The van der Waals surface area contributed by atoms with Crippen LogP contribution in [-0.2, 0) is 20.0 Å². The van der Waals surface area contributed by atoms with E-state index in [2.05, 4.69) is 11.8 Å². The Balaban J connectivity index is 1.75. The van der Waals surface area contributed by atoms with Gasteiger partial charge < -0.3 is 9.84 Å². The molecule has 1 aliphatic heterocycles. The normalized spacial score (nSPS) is 19.9. The van der Waals surface area contributed by atoms with Crippen molar-refractivity contribution in [1.29, 1.82) is 0 Å². The monoisotopic (exact) mass is 586 g/mol. The van der Waals surface area contributed by atoms with Crippen molar-refractivity contribution in [3.8, 4) is 17.6 Å². The minimum absolute atomic E-state index is 0.0169. The zero-order valence-corrected chi connectivity index (χ0v) is 24.0. The Bertz CT molecular complexity index is 1640. The van der Waals surface area contributed by atoms with Crippen LogP contribution in [0, 0.1) is 23.6 Å². The summed E-state index contributed by atoms with van der Waals surface area (Å²) in [6.07, 6.45) is -0.813. The number of rotatable bonds is 6. The van der Waals surface area contributed by atoms with Crippen LogP contribution in [0.25, 0.3) is 0 Å². The van der Waals surface area contributed by atoms with Gasteiger partial charge in [-0.05, 0) is 49.4 Å². The molecule has 1 N–H and O–H groups in total. The van der Waals surface area contributed by atoms with Crippen molar-refractivity contribution in [2.24, 2.45) is 5.92 Å². The van der Waals surface area contributed by atoms with Gasteiger partial charge in [0.2, 0.25) is 20.0 Å². The number of halogens is 1. The van der Waals surface area contributed by atoms with Gasteiger partial charge in [-0.15, -0.1) is 0 Å². The second-order valence-corrected chi connectivity index (χ2v) is 13.6. The van der Waals surface area contributed by atoms with Gasteiger partial charge in [0.15, 0.2) is 0 Å². The first-order valence-corrected chi connectivity index (χ1v) is 15.5. The predicted molar refractivity (Wildman–Crippen MR) is 149 cm³/mol. The van der Waals surface area contributed by atoms with Gasteiger partial charge in [-0.3, -0.25) is 0 Å². The van der Waals surface area contributed by atoms with Crippen molar-refractivity contribution < 1.29 is 31.1 Å². The lowest BCUT2D eigenvalue weighted by Gasteiger charge is -2.37. The van der Waals surface area contributed by atoms with E-state index in [9.17, 15) is 26.3 Å². The van der Waals surface area contributed by atoms with E-state index in [1.54, 1.807) is 19.9 Å². The highest BCUT2D eigenvalue weighted by Crippen LogP contribution is 2.34. The first-order valence-electron chi connectivity index (χ1n) is 12.7. The number of likely N-dealkylation sites (N-methyl/N-ethyl adjacent to an activating group) is 1. The molecule has 0 aromatic heterocycles. The highest BCUT2D eigenvalue weighted by atomic mass is 32.2. The Labute approximate surface area is 235 Å². The van der Waals surface area contributed by atoms with Crippen LogP contribution >= 0.6 is 0 Å². The predicted octanol–water partition coefficient (Wildman–Crippen LogP) is 3.31. The van der Waals surface area contributed by atoms with Gasteiger partial charge in [0.05, 0.1) is 13.2 Å². The Hall–Kier alpha value is -3.27. The van der Waals surface area contributed by atoms with Crippen LogP contribution in [0.15, 0.2) is 82.6 Å². The van der Waals surface area contributed by atoms with E-state index in [1.807, 2.05) is 30.3 Å². The van der Waals surface area contributed by atoms with Crippen molar-refractivity contribution >= 4 is 20.0 Å². The molecule has 0 radical (unpaired) electrons. The second kappa shape index (κ2) is 12.1. The Morgan fingerprint density at radius 3 is 2.40 bits per heavy atom. The zero-order chi connectivity index (χ0) is 29.1. The molecule has 0 unspecified atom stereocenters. The van der Waals surface area contributed by atoms with Gasteiger partial charge in [0, 0.05) is 36.7 Å². The first-order chi connectivity index (χ1) is 18.9. The van der Waals surface area contributed by atoms with Crippen LogP contribution in [0.5, 0.6) is 5.75 Å². The number of aliphatic hydroxyl groups excluding tert-OH is 1. The summed E-state index contributed by atoms with van der Waals surface area (Å²) in [6, 6.07) is 18.1. The van der Waals surface area contributed by atoms with E-state index in [0.29, 0.717) is 5.56 Å². The van der Waals surface area contributed by atoms with Crippen LogP contribution in [0.3, 0.4) is 0 Å². The molecule has 11 heteroatoms. The number of hydrogen-bond acceptors (Lipinski definition) is 6. The van der Waals surface area contributed by atoms with Gasteiger partial charge in [0.1, 0.15) is 27.5 Å². The maximum atomic E-state index is 14.4. The van der Waals surface area contributed by atoms with Crippen LogP contribution in [0.2, 0.25) is 0 Å². The van der Waals surface area contributed by atoms with Crippen molar-refractivity contribution in [3.05, 3.63) is 89.7 Å². The number of benzene rings is 3. The van der Waals surface area contributed by atoms with Crippen molar-refractivity contribution in [2.45, 2.75) is 35.8 Å². The van der Waals surface area contributed by atoms with Crippen LogP contribution in [0.1, 0.15) is 25.0 Å². The summed E-state index contributed by atoms with van der Waals surface area (Å²) in [7, 11) is -6.97. The van der Waals surface area contributed by atoms with Crippen LogP contribution < -0.4 is 4.74 Å². The summed E-state index contributed by atoms with van der Waals surface area (Å²) >= 11 is 0. The summed E-state index contributed by atoms with van der Waals surface area (Å²) in [4.78, 5) is -0.581. The summed E-state index contributed by atoms with van der Waals surface area (Å²) in [5, 5.41) is 9.83. The minimum Gasteiger partial charge on any atom is -0.487 e. The smallest absolute Gasteiger partial charge is 0.247 e. The molecule has 40 heavy (non-hydrogen) atoms. The quantitative estimate of drug-likeness (QED) is 0.445. The van der Waals surface area contributed by atoms with Gasteiger partial charge in [-0.25, -0.2) is 21.2 Å². The van der Waals surface area contributed by atoms with Crippen molar-refractivity contribution in [2.75, 3.05) is 26.7 Å². The van der Waals surface area contributed by atoms with Crippen molar-refractivity contribution in [3.63, 3.8) is 0 Å². The number of nitrogens with zero attached hydrogens (tertiary/aromatic N) is 2. The average molecular weight is 587 g/mol. The molecule has 0 bridgehead atoms. The van der Waals surface area contributed by atoms with Crippen LogP contribution in [0.4, 0.5) is 4.39 Å². The third-order valence-electron chi connectivity index (χ3n) is 6.75. The largest absolute Gasteiger partial charge is 0.487 e. The van der Waals surface area contributed by atoms with Gasteiger partial charge in [0.25, 0.3) is 0 Å². The van der Waals surface area contributed by atoms with Crippen LogP contribution in [-0.4, -0.2) is 69.4 Å². The highest BCUT2D eigenvalue weighted by molar-refractivity contribution is 7.89.